The topological polar surface area (TPSA) is 533 Å². The molecule has 0 aromatic heterocycles. The fraction of sp³-hybridized carbons (Fsp3) is 0.977. The van der Waals surface area contributed by atoms with Crippen molar-refractivity contribution in [2.24, 2.45) is 5.73 Å². The van der Waals surface area contributed by atoms with Crippen LogP contribution >= 0.6 is 0 Å². The summed E-state index contributed by atoms with van der Waals surface area (Å²) in [4.78, 5) is 23.7. The predicted molar refractivity (Wildman–Crippen MR) is 241 cm³/mol. The number of nitrogens with two attached hydrogens (primary N) is 1. The Kier molecular flexibility index (Phi) is 23.7. The average molecular weight is 1130 g/mol. The van der Waals surface area contributed by atoms with Crippen LogP contribution in [0.1, 0.15) is 33.1 Å². The first kappa shape index (κ1) is 63.9. The molecule has 6 heterocycles. The molecule has 19 N–H and O–H groups in total. The van der Waals surface area contributed by atoms with Crippen molar-refractivity contribution in [1.82, 2.24) is 5.32 Å². The number of unbranched alkanes of at least 4 members (excludes halogenated alkanes) is 2. The molecule has 1 amide bonds. The highest BCUT2D eigenvalue weighted by Crippen LogP contribution is 2.37. The molecule has 6 aliphatic rings. The zero-order chi connectivity index (χ0) is 56.7. The second-order valence-electron chi connectivity index (χ2n) is 19.5. The fourth-order valence-corrected chi connectivity index (χ4v) is 9.73. The van der Waals surface area contributed by atoms with Crippen molar-refractivity contribution >= 4 is 5.91 Å². The van der Waals surface area contributed by atoms with Crippen molar-refractivity contribution in [3.05, 3.63) is 10.1 Å². The van der Waals surface area contributed by atoms with Gasteiger partial charge in [-0.05, 0) is 32.7 Å². The van der Waals surface area contributed by atoms with Crippen LogP contribution in [0, 0.1) is 10.1 Å². The van der Waals surface area contributed by atoms with Gasteiger partial charge in [-0.15, -0.1) is 0 Å². The molecule has 77 heavy (non-hydrogen) atoms. The Hall–Kier alpha value is -2.29. The van der Waals surface area contributed by atoms with Crippen molar-refractivity contribution in [3.8, 4) is 0 Å². The summed E-state index contributed by atoms with van der Waals surface area (Å²) in [5.74, 6) is -0.876. The molecule has 448 valence electrons. The number of rotatable bonds is 23. The number of carbonyl (C=O) groups excluding carboxylic acids is 1. The second-order valence-corrected chi connectivity index (χ2v) is 19.5. The van der Waals surface area contributed by atoms with Crippen molar-refractivity contribution in [2.45, 2.75) is 217 Å². The Labute approximate surface area is 438 Å². The molecule has 0 spiro atoms. The van der Waals surface area contributed by atoms with E-state index in [1.54, 1.807) is 0 Å². The predicted octanol–water partition coefficient (Wildman–Crippen LogP) is -11.5. The van der Waals surface area contributed by atoms with E-state index in [0.29, 0.717) is 25.8 Å². The van der Waals surface area contributed by atoms with E-state index in [1.165, 1.54) is 6.92 Å². The molecule has 0 radical (unpaired) electrons. The van der Waals surface area contributed by atoms with Crippen LogP contribution in [0.25, 0.3) is 0 Å². The molecule has 6 rings (SSSR count). The summed E-state index contributed by atoms with van der Waals surface area (Å²) in [5.41, 5.74) is 5.50. The number of amides is 1. The Morgan fingerprint density at radius 1 is 0.481 bits per heavy atom. The SMILES string of the molecule is CC(=O)N[C@H]1C(O[C@@H]2OC(CO)[C@H](O)C(O)[C@@H]2O[C@@H]2OC(C)[C@@H](O)C(O)[C@@H]2O)[C@@H](O)C(CO)O[C@H]1O[C@@H]1C(O)[C@@H](O[C@H]2C(CO)O[C@@H](O[C@@H]3C(C[N+](=O)[O-])O[C@@H](OCCCCCN)[C@@H](O)C3O)[C@@H](O)C2O)OC(CO)[C@@H]1O. The highest BCUT2D eigenvalue weighted by Gasteiger charge is 2.58. The van der Waals surface area contributed by atoms with E-state index in [0.717, 1.165) is 6.92 Å². The van der Waals surface area contributed by atoms with E-state index in [4.69, 9.17) is 62.6 Å². The quantitative estimate of drug-likeness (QED) is 0.0257. The molecule has 0 aliphatic carbocycles. The van der Waals surface area contributed by atoms with E-state index in [9.17, 15) is 96.6 Å². The first-order chi connectivity index (χ1) is 36.5. The molecule has 12 unspecified atom stereocenters. The van der Waals surface area contributed by atoms with Gasteiger partial charge in [-0.1, -0.05) is 0 Å². The summed E-state index contributed by atoms with van der Waals surface area (Å²) in [6, 6.07) is -1.81. The fourth-order valence-electron chi connectivity index (χ4n) is 9.73. The molecule has 0 saturated carbocycles. The summed E-state index contributed by atoms with van der Waals surface area (Å²) >= 11 is 0. The van der Waals surface area contributed by atoms with Crippen LogP contribution in [0.3, 0.4) is 0 Å². The first-order valence-electron chi connectivity index (χ1n) is 25.0. The lowest BCUT2D eigenvalue weighted by Gasteiger charge is -2.51. The van der Waals surface area contributed by atoms with E-state index in [-0.39, 0.29) is 6.61 Å². The largest absolute Gasteiger partial charge is 0.394 e. The minimum absolute atomic E-state index is 0.0211. The maximum absolute atomic E-state index is 12.8. The monoisotopic (exact) mass is 1130 g/mol. The summed E-state index contributed by atoms with van der Waals surface area (Å²) < 4.78 is 68.9. The number of nitrogens with one attached hydrogen (secondary N) is 1. The van der Waals surface area contributed by atoms with Gasteiger partial charge in [0.1, 0.15) is 134 Å². The molecule has 6 fully saturated rings. The molecular weight excluding hydrogens is 1050 g/mol. The lowest BCUT2D eigenvalue weighted by atomic mass is 9.94. The summed E-state index contributed by atoms with van der Waals surface area (Å²) in [6.07, 6.45) is -53.1. The number of ether oxygens (including phenoxy) is 12. The molecular formula is C43H75N3O31. The standard InChI is InChI=1S/C43H75N3O31/c1-13-21(52)25(56)29(60)40(67-13)77-37-26(57)22(53)16(9-47)71-43(37)75-35-20(45-14(2)51)38(69-17(10-48)23(35)54)76-36-24(55)18(11-49)70-42(32(36)63)74-34-19(12-50)72-41(31(62)28(34)59)73-33-15(8-46(64)65)68-39(30(61)27(33)58)66-7-5-3-4-6-44/h13,15-43,47-50,52-63H,3-12,44H2,1-2H3,(H,45,51)/t13?,15?,16?,17?,18?,19?,20-,21+,22-,23-,24-,25?,26?,27?,28?,29-,30-,31-,32?,33+,34-,35?,36-,37-,38-,39+,40-,41-,42+,43-/m0/s1. The maximum atomic E-state index is 12.8. The minimum atomic E-state index is -2.25. The van der Waals surface area contributed by atoms with Crippen LogP contribution < -0.4 is 11.1 Å². The second kappa shape index (κ2) is 28.6. The Morgan fingerprint density at radius 3 is 1.51 bits per heavy atom. The van der Waals surface area contributed by atoms with E-state index >= 15 is 0 Å². The minimum Gasteiger partial charge on any atom is -0.394 e. The Bertz CT molecular complexity index is 1820. The number of nitrogens with zero attached hydrogens (tertiary/aromatic N) is 1. The van der Waals surface area contributed by atoms with Gasteiger partial charge in [-0.3, -0.25) is 14.9 Å². The third kappa shape index (κ3) is 14.7. The van der Waals surface area contributed by atoms with Crippen LogP contribution in [0.4, 0.5) is 0 Å². The molecule has 6 aliphatic heterocycles. The van der Waals surface area contributed by atoms with Crippen molar-refractivity contribution in [3.63, 3.8) is 0 Å². The lowest BCUT2D eigenvalue weighted by molar-refractivity contribution is -0.505. The Morgan fingerprint density at radius 2 is 0.922 bits per heavy atom. The van der Waals surface area contributed by atoms with Gasteiger partial charge in [0, 0.05) is 18.5 Å². The van der Waals surface area contributed by atoms with Gasteiger partial charge in [0.2, 0.25) is 12.5 Å². The van der Waals surface area contributed by atoms with Crippen LogP contribution in [0.2, 0.25) is 0 Å². The highest BCUT2D eigenvalue weighted by molar-refractivity contribution is 5.73. The maximum Gasteiger partial charge on any atom is 0.232 e. The van der Waals surface area contributed by atoms with Gasteiger partial charge in [-0.25, -0.2) is 0 Å². The van der Waals surface area contributed by atoms with Gasteiger partial charge in [-0.2, -0.15) is 0 Å². The number of hydrogen-bond donors (Lipinski definition) is 18. The molecule has 34 heteroatoms. The third-order valence-corrected chi connectivity index (χ3v) is 14.1. The number of hydrogen-bond acceptors (Lipinski definition) is 32. The van der Waals surface area contributed by atoms with Gasteiger partial charge in [0.05, 0.1) is 32.5 Å². The molecule has 0 bridgehead atoms. The summed E-state index contributed by atoms with van der Waals surface area (Å²) in [7, 11) is 0. The molecule has 0 aromatic carbocycles. The summed E-state index contributed by atoms with van der Waals surface area (Å²) in [5, 5.41) is 188. The van der Waals surface area contributed by atoms with Crippen LogP contribution in [0.5, 0.6) is 0 Å². The lowest BCUT2D eigenvalue weighted by Crippen LogP contribution is -2.70. The first-order valence-corrected chi connectivity index (χ1v) is 25.0. The van der Waals surface area contributed by atoms with E-state index in [1.807, 2.05) is 0 Å². The van der Waals surface area contributed by atoms with Gasteiger partial charge < -0.3 is 150 Å². The van der Waals surface area contributed by atoms with Crippen molar-refractivity contribution < 1.29 is 148 Å². The van der Waals surface area contributed by atoms with Gasteiger partial charge in [0.15, 0.2) is 43.8 Å². The van der Waals surface area contributed by atoms with Crippen LogP contribution in [-0.4, -0.2) is 323 Å². The van der Waals surface area contributed by atoms with Crippen LogP contribution in [0.15, 0.2) is 0 Å². The zero-order valence-corrected chi connectivity index (χ0v) is 41.7. The highest BCUT2D eigenvalue weighted by atomic mass is 16.8. The number of carbonyl (C=O) groups is 1. The Balaban J connectivity index is 1.20. The average Bonchev–Trinajstić information content (AvgIpc) is 3.42. The molecule has 34 nitrogen and oxygen atoms in total. The number of aliphatic hydroxyl groups is 16. The van der Waals surface area contributed by atoms with Gasteiger partial charge in [0.25, 0.3) is 0 Å². The third-order valence-electron chi connectivity index (χ3n) is 14.1. The van der Waals surface area contributed by atoms with E-state index in [2.05, 4.69) is 5.32 Å². The van der Waals surface area contributed by atoms with Gasteiger partial charge >= 0.3 is 0 Å². The molecule has 6 saturated heterocycles. The molecule has 0 aromatic rings. The summed E-state index contributed by atoms with van der Waals surface area (Å²) in [6.45, 7) is -2.36. The zero-order valence-electron chi connectivity index (χ0n) is 41.7. The van der Waals surface area contributed by atoms with Crippen molar-refractivity contribution in [2.75, 3.05) is 46.1 Å². The molecule has 30 atom stereocenters. The number of aliphatic hydroxyl groups excluding tert-OH is 16. The normalized spacial score (nSPS) is 47.8. The van der Waals surface area contributed by atoms with Crippen LogP contribution in [-0.2, 0) is 61.6 Å². The van der Waals surface area contributed by atoms with Crippen molar-refractivity contribution in [1.29, 1.82) is 0 Å². The number of nitro groups is 1. The smallest absolute Gasteiger partial charge is 0.232 e. The van der Waals surface area contributed by atoms with E-state index < -0.39 is 228 Å².